The number of rotatable bonds is 6. The van der Waals surface area contributed by atoms with Crippen LogP contribution in [0.4, 0.5) is 11.4 Å². The largest absolute Gasteiger partial charge is 0.280 e. The zero-order chi connectivity index (χ0) is 18.6. The molecule has 0 aromatic heterocycles. The van der Waals surface area contributed by atoms with Crippen LogP contribution in [0.1, 0.15) is 0 Å². The van der Waals surface area contributed by atoms with Crippen molar-refractivity contribution in [3.05, 3.63) is 84.9 Å². The maximum Gasteiger partial charge on any atom is 0.262 e. The molecule has 134 valence electrons. The summed E-state index contributed by atoms with van der Waals surface area (Å²) in [6.45, 7) is 0. The van der Waals surface area contributed by atoms with Crippen LogP contribution < -0.4 is 9.03 Å². The summed E-state index contributed by atoms with van der Waals surface area (Å²) in [5.74, 6) is 0. The van der Waals surface area contributed by atoms with E-state index >= 15 is 0 Å². The van der Waals surface area contributed by atoms with Crippen LogP contribution in [-0.2, 0) is 25.2 Å². The lowest BCUT2D eigenvalue weighted by Crippen LogP contribution is -2.20. The van der Waals surface area contributed by atoms with Crippen molar-refractivity contribution in [3.63, 3.8) is 0 Å². The molecule has 1 N–H and O–H groups in total. The van der Waals surface area contributed by atoms with Gasteiger partial charge in [0, 0.05) is 11.8 Å². The Morgan fingerprint density at radius 1 is 0.846 bits per heavy atom. The molecule has 0 saturated carbocycles. The average Bonchev–Trinajstić information content (AvgIpc) is 2.68. The maximum atomic E-state index is 12.8. The van der Waals surface area contributed by atoms with Crippen LogP contribution >= 0.6 is 0 Å². The highest BCUT2D eigenvalue weighted by Crippen LogP contribution is 2.22. The van der Waals surface area contributed by atoms with Crippen LogP contribution in [-0.4, -0.2) is 15.5 Å². The molecule has 7 heteroatoms. The van der Waals surface area contributed by atoms with Gasteiger partial charge in [-0.25, -0.2) is 8.42 Å². The van der Waals surface area contributed by atoms with E-state index in [1.54, 1.807) is 47.8 Å². The summed E-state index contributed by atoms with van der Waals surface area (Å²) in [4.78, 5) is 0.519. The Hall–Kier alpha value is -2.64. The third-order valence-corrected chi connectivity index (χ3v) is 6.65. The normalized spacial score (nSPS) is 12.3. The molecule has 1 unspecified atom stereocenters. The van der Waals surface area contributed by atoms with E-state index in [2.05, 4.69) is 4.72 Å². The average molecular weight is 388 g/mol. The molecule has 0 spiro atoms. The van der Waals surface area contributed by atoms with Gasteiger partial charge in [-0.1, -0.05) is 46.7 Å². The van der Waals surface area contributed by atoms with Gasteiger partial charge in [-0.05, 0) is 36.4 Å². The second-order valence-electron chi connectivity index (χ2n) is 5.60. The minimum Gasteiger partial charge on any atom is -0.280 e. The van der Waals surface area contributed by atoms with Crippen LogP contribution in [0.3, 0.4) is 0 Å². The van der Waals surface area contributed by atoms with Crippen molar-refractivity contribution >= 4 is 32.4 Å². The molecule has 0 radical (unpaired) electrons. The van der Waals surface area contributed by atoms with Crippen LogP contribution in [0, 0.1) is 0 Å². The fourth-order valence-electron chi connectivity index (χ4n) is 2.41. The summed E-state index contributed by atoms with van der Waals surface area (Å²) in [6, 6.07) is 24.2. The van der Waals surface area contributed by atoms with E-state index in [0.29, 0.717) is 10.6 Å². The van der Waals surface area contributed by atoms with Gasteiger partial charge in [0.25, 0.3) is 10.0 Å². The Morgan fingerprint density at radius 2 is 1.46 bits per heavy atom. The number of sulfonamides is 1. The van der Waals surface area contributed by atoms with Crippen molar-refractivity contribution in [3.8, 4) is 0 Å². The Labute approximate surface area is 155 Å². The lowest BCUT2D eigenvalue weighted by molar-refractivity contribution is 0.594. The van der Waals surface area contributed by atoms with E-state index < -0.39 is 21.0 Å². The quantitative estimate of drug-likeness (QED) is 0.519. The minimum absolute atomic E-state index is 0.0728. The molecule has 0 fully saturated rings. The predicted molar refractivity (Wildman–Crippen MR) is 106 cm³/mol. The lowest BCUT2D eigenvalue weighted by Gasteiger charge is -2.13. The monoisotopic (exact) mass is 387 g/mol. The fourth-order valence-corrected chi connectivity index (χ4v) is 4.76. The molecular formula is C19H19N2O3S2+. The van der Waals surface area contributed by atoms with Crippen molar-refractivity contribution in [1.29, 1.82) is 0 Å². The molecule has 0 bridgehead atoms. The van der Waals surface area contributed by atoms with Gasteiger partial charge >= 0.3 is 0 Å². The number of thiol groups is 1. The molecule has 0 amide bonds. The van der Waals surface area contributed by atoms with Crippen LogP contribution in [0.5, 0.6) is 0 Å². The maximum absolute atomic E-state index is 12.8. The first-order valence-electron chi connectivity index (χ1n) is 7.91. The molecule has 26 heavy (non-hydrogen) atoms. The highest BCUT2D eigenvalue weighted by atomic mass is 32.2. The Bertz CT molecular complexity index is 1010. The van der Waals surface area contributed by atoms with Gasteiger partial charge in [-0.15, -0.1) is 0 Å². The molecule has 1 atom stereocenters. The van der Waals surface area contributed by atoms with Crippen LogP contribution in [0.25, 0.3) is 0 Å². The van der Waals surface area contributed by atoms with Gasteiger partial charge in [0.15, 0.2) is 15.9 Å². The minimum atomic E-state index is -3.76. The summed E-state index contributed by atoms with van der Waals surface area (Å²) in [6.07, 6.45) is 0. The summed E-state index contributed by atoms with van der Waals surface area (Å²) in [5, 5.41) is 0. The van der Waals surface area contributed by atoms with Crippen LogP contribution in [0.15, 0.2) is 94.7 Å². The molecule has 3 aromatic carbocycles. The third-order valence-electron chi connectivity index (χ3n) is 3.78. The van der Waals surface area contributed by atoms with Crippen molar-refractivity contribution in [2.24, 2.45) is 0 Å². The zero-order valence-corrected chi connectivity index (χ0v) is 15.8. The van der Waals surface area contributed by atoms with E-state index in [0.717, 1.165) is 5.69 Å². The van der Waals surface area contributed by atoms with Gasteiger partial charge in [-0.2, -0.15) is 4.31 Å². The Balaban J connectivity index is 1.87. The molecular weight excluding hydrogens is 368 g/mol. The standard InChI is InChI=1S/C19H18N2O3S2/c1-21(17-11-6-3-7-12-17)25(22)18-13-8-14-19(15-18)26(23,24)20-16-9-4-2-5-10-16/h2-15,20H,1H3/p+1. The van der Waals surface area contributed by atoms with Crippen LogP contribution in [0.2, 0.25) is 0 Å². The number of hydrogen-bond acceptors (Lipinski definition) is 3. The van der Waals surface area contributed by atoms with Gasteiger partial charge in [0.2, 0.25) is 0 Å². The Morgan fingerprint density at radius 3 is 2.12 bits per heavy atom. The van der Waals surface area contributed by atoms with Crippen molar-refractivity contribution in [2.45, 2.75) is 9.79 Å². The van der Waals surface area contributed by atoms with Gasteiger partial charge in [0.1, 0.15) is 0 Å². The van der Waals surface area contributed by atoms with E-state index in [1.165, 1.54) is 12.1 Å². The molecule has 0 aliphatic heterocycles. The zero-order valence-electron chi connectivity index (χ0n) is 14.1. The summed E-state index contributed by atoms with van der Waals surface area (Å²) in [7, 11) is -3.98. The van der Waals surface area contributed by atoms with Gasteiger partial charge in [-0.3, -0.25) is 4.72 Å². The number of hydrogen-bond donors (Lipinski definition) is 1. The number of para-hydroxylation sites is 2. The van der Waals surface area contributed by atoms with Gasteiger partial charge < -0.3 is 0 Å². The number of nitrogens with zero attached hydrogens (tertiary/aromatic N) is 1. The molecule has 0 aliphatic rings. The first kappa shape index (κ1) is 18.2. The second-order valence-corrected chi connectivity index (χ2v) is 8.95. The number of benzene rings is 3. The highest BCUT2D eigenvalue weighted by molar-refractivity contribution is 7.92. The summed E-state index contributed by atoms with van der Waals surface area (Å²) < 4.78 is 42.2. The second kappa shape index (κ2) is 7.72. The molecule has 0 aliphatic carbocycles. The first-order chi connectivity index (χ1) is 12.5. The fraction of sp³-hybridized carbons (Fsp3) is 0.0526. The summed E-state index contributed by atoms with van der Waals surface area (Å²) >= 11 is 0. The smallest absolute Gasteiger partial charge is 0.262 e. The highest BCUT2D eigenvalue weighted by Gasteiger charge is 2.22. The molecule has 5 nitrogen and oxygen atoms in total. The molecule has 0 saturated heterocycles. The van der Waals surface area contributed by atoms with Crippen molar-refractivity contribution < 1.29 is 12.6 Å². The number of anilines is 2. The van der Waals surface area contributed by atoms with E-state index in [-0.39, 0.29) is 4.90 Å². The molecule has 3 aromatic rings. The topological polar surface area (TPSA) is 66.5 Å². The molecule has 3 rings (SSSR count). The van der Waals surface area contributed by atoms with E-state index in [1.807, 2.05) is 36.4 Å². The molecule has 0 heterocycles. The lowest BCUT2D eigenvalue weighted by atomic mass is 10.3. The summed E-state index contributed by atoms with van der Waals surface area (Å²) in [5.41, 5.74) is 1.27. The Kier molecular flexibility index (Phi) is 5.39. The van der Waals surface area contributed by atoms with E-state index in [9.17, 15) is 12.6 Å². The predicted octanol–water partition coefficient (Wildman–Crippen LogP) is 3.59. The first-order valence-corrected chi connectivity index (χ1v) is 10.6. The van der Waals surface area contributed by atoms with Gasteiger partial charge in [0.05, 0.1) is 17.6 Å². The third kappa shape index (κ3) is 4.12. The van der Waals surface area contributed by atoms with Crippen molar-refractivity contribution in [2.75, 3.05) is 16.1 Å². The number of nitrogens with one attached hydrogen (secondary N) is 1. The SMILES string of the molecule is CN(c1ccccc1)[SH+](=O)c1cccc(S(=O)(=O)Nc2ccccc2)c1. The van der Waals surface area contributed by atoms with Crippen molar-refractivity contribution in [1.82, 2.24) is 0 Å². The van der Waals surface area contributed by atoms with E-state index in [4.69, 9.17) is 0 Å².